The molecule has 0 heterocycles. The molecule has 0 spiro atoms. The number of halogens is 1. The average Bonchev–Trinajstić information content (AvgIpc) is 2.55. The number of carbonyl (C=O) groups excluding carboxylic acids is 1. The van der Waals surface area contributed by atoms with Gasteiger partial charge in [-0.05, 0) is 42.7 Å². The highest BCUT2D eigenvalue weighted by Crippen LogP contribution is 2.29. The molecule has 0 aliphatic heterocycles. The Labute approximate surface area is 142 Å². The van der Waals surface area contributed by atoms with E-state index in [0.29, 0.717) is 29.5 Å². The van der Waals surface area contributed by atoms with Crippen molar-refractivity contribution < 1.29 is 14.3 Å². The first-order valence-corrected chi connectivity index (χ1v) is 8.13. The van der Waals surface area contributed by atoms with Crippen LogP contribution in [0.3, 0.4) is 0 Å². The van der Waals surface area contributed by atoms with Crippen molar-refractivity contribution in [2.24, 2.45) is 0 Å². The van der Waals surface area contributed by atoms with E-state index in [1.54, 1.807) is 13.0 Å². The van der Waals surface area contributed by atoms with Crippen LogP contribution < -0.4 is 9.47 Å². The van der Waals surface area contributed by atoms with Gasteiger partial charge in [0.05, 0.1) is 5.02 Å². The van der Waals surface area contributed by atoms with E-state index in [9.17, 15) is 4.79 Å². The Balaban J connectivity index is 2.18. The van der Waals surface area contributed by atoms with Gasteiger partial charge in [0.1, 0.15) is 18.1 Å². The summed E-state index contributed by atoms with van der Waals surface area (Å²) in [5, 5.41) is 0.588. The van der Waals surface area contributed by atoms with E-state index in [1.165, 1.54) is 0 Å². The Hall–Kier alpha value is -2.00. The van der Waals surface area contributed by atoms with Crippen LogP contribution in [0.15, 0.2) is 36.4 Å². The molecule has 0 aliphatic rings. The standard InChI is InChI=1S/C19H21ClO3/c1-4-14-9-10-18(16(20)11-14)22-12-15-13(3)7-6-8-17(15)23-19(21)5-2/h6-11H,4-5,12H2,1-3H3. The summed E-state index contributed by atoms with van der Waals surface area (Å²) >= 11 is 6.25. The largest absolute Gasteiger partial charge is 0.487 e. The van der Waals surface area contributed by atoms with Crippen molar-refractivity contribution in [2.45, 2.75) is 40.2 Å². The van der Waals surface area contributed by atoms with Crippen LogP contribution in [-0.4, -0.2) is 5.97 Å². The molecule has 4 heteroatoms. The fourth-order valence-corrected chi connectivity index (χ4v) is 2.44. The molecular weight excluding hydrogens is 312 g/mol. The highest BCUT2D eigenvalue weighted by Gasteiger charge is 2.12. The summed E-state index contributed by atoms with van der Waals surface area (Å²) in [5.74, 6) is 0.903. The van der Waals surface area contributed by atoms with E-state index in [1.807, 2.05) is 37.3 Å². The molecule has 0 aromatic heterocycles. The van der Waals surface area contributed by atoms with Gasteiger partial charge in [0.2, 0.25) is 0 Å². The van der Waals surface area contributed by atoms with Gasteiger partial charge in [-0.15, -0.1) is 0 Å². The van der Waals surface area contributed by atoms with Crippen molar-refractivity contribution in [2.75, 3.05) is 0 Å². The van der Waals surface area contributed by atoms with Crippen LogP contribution >= 0.6 is 11.6 Å². The Bertz CT molecular complexity index is 695. The molecule has 2 rings (SSSR count). The van der Waals surface area contributed by atoms with Crippen LogP contribution in [0, 0.1) is 6.92 Å². The zero-order chi connectivity index (χ0) is 16.8. The molecule has 3 nitrogen and oxygen atoms in total. The third-order valence-electron chi connectivity index (χ3n) is 3.66. The number of rotatable bonds is 6. The first-order chi connectivity index (χ1) is 11.0. The van der Waals surface area contributed by atoms with Crippen LogP contribution in [0.4, 0.5) is 0 Å². The SMILES string of the molecule is CCC(=O)Oc1cccc(C)c1COc1ccc(CC)cc1Cl. The van der Waals surface area contributed by atoms with Crippen molar-refractivity contribution in [1.29, 1.82) is 0 Å². The van der Waals surface area contributed by atoms with Crippen LogP contribution in [0.2, 0.25) is 5.02 Å². The lowest BCUT2D eigenvalue weighted by atomic mass is 10.1. The number of esters is 1. The van der Waals surface area contributed by atoms with Gasteiger partial charge in [-0.2, -0.15) is 0 Å². The second kappa shape index (κ2) is 8.02. The Morgan fingerprint density at radius 3 is 2.57 bits per heavy atom. The fraction of sp³-hybridized carbons (Fsp3) is 0.316. The molecule has 2 aromatic carbocycles. The zero-order valence-electron chi connectivity index (χ0n) is 13.7. The molecule has 0 fully saturated rings. The number of hydrogen-bond acceptors (Lipinski definition) is 3. The first kappa shape index (κ1) is 17.4. The molecule has 0 bridgehead atoms. The van der Waals surface area contributed by atoms with Crippen LogP contribution in [0.1, 0.15) is 37.0 Å². The van der Waals surface area contributed by atoms with E-state index in [-0.39, 0.29) is 5.97 Å². The summed E-state index contributed by atoms with van der Waals surface area (Å²) in [6.07, 6.45) is 1.26. The molecule has 122 valence electrons. The summed E-state index contributed by atoms with van der Waals surface area (Å²) in [6, 6.07) is 11.4. The number of benzene rings is 2. The van der Waals surface area contributed by atoms with Crippen molar-refractivity contribution >= 4 is 17.6 Å². The zero-order valence-corrected chi connectivity index (χ0v) is 14.4. The number of aryl methyl sites for hydroxylation is 2. The maximum atomic E-state index is 11.6. The topological polar surface area (TPSA) is 35.5 Å². The summed E-state index contributed by atoms with van der Waals surface area (Å²) in [5.41, 5.74) is 3.02. The van der Waals surface area contributed by atoms with Gasteiger partial charge in [0, 0.05) is 12.0 Å². The quantitative estimate of drug-likeness (QED) is 0.545. The highest BCUT2D eigenvalue weighted by molar-refractivity contribution is 6.32. The van der Waals surface area contributed by atoms with Crippen LogP contribution in [-0.2, 0) is 17.8 Å². The van der Waals surface area contributed by atoms with Gasteiger partial charge >= 0.3 is 5.97 Å². The van der Waals surface area contributed by atoms with Crippen molar-refractivity contribution in [3.05, 3.63) is 58.1 Å². The Morgan fingerprint density at radius 2 is 1.91 bits per heavy atom. The molecule has 0 saturated carbocycles. The van der Waals surface area contributed by atoms with Gasteiger partial charge in [0.25, 0.3) is 0 Å². The minimum atomic E-state index is -0.262. The monoisotopic (exact) mass is 332 g/mol. The first-order valence-electron chi connectivity index (χ1n) is 7.75. The Morgan fingerprint density at radius 1 is 1.13 bits per heavy atom. The number of carbonyl (C=O) groups is 1. The molecular formula is C19H21ClO3. The van der Waals surface area contributed by atoms with Crippen molar-refractivity contribution in [3.63, 3.8) is 0 Å². The number of hydrogen-bond donors (Lipinski definition) is 0. The second-order valence-corrected chi connectivity index (χ2v) is 5.69. The molecule has 0 amide bonds. The van der Waals surface area contributed by atoms with Gasteiger partial charge < -0.3 is 9.47 Å². The van der Waals surface area contributed by atoms with Crippen molar-refractivity contribution in [3.8, 4) is 11.5 Å². The van der Waals surface area contributed by atoms with Crippen LogP contribution in [0.5, 0.6) is 11.5 Å². The lowest BCUT2D eigenvalue weighted by Gasteiger charge is -2.14. The maximum Gasteiger partial charge on any atom is 0.310 e. The fourth-order valence-electron chi connectivity index (χ4n) is 2.18. The van der Waals surface area contributed by atoms with Gasteiger partial charge in [-0.1, -0.05) is 43.6 Å². The van der Waals surface area contributed by atoms with Gasteiger partial charge in [-0.3, -0.25) is 4.79 Å². The molecule has 0 N–H and O–H groups in total. The summed E-state index contributed by atoms with van der Waals surface area (Å²) in [6.45, 7) is 6.10. The lowest BCUT2D eigenvalue weighted by Crippen LogP contribution is -2.09. The van der Waals surface area contributed by atoms with Gasteiger partial charge in [0.15, 0.2) is 0 Å². The summed E-state index contributed by atoms with van der Waals surface area (Å²) in [7, 11) is 0. The maximum absolute atomic E-state index is 11.6. The normalized spacial score (nSPS) is 10.4. The van der Waals surface area contributed by atoms with Crippen molar-refractivity contribution in [1.82, 2.24) is 0 Å². The molecule has 0 atom stereocenters. The molecule has 0 aliphatic carbocycles. The molecule has 0 unspecified atom stereocenters. The minimum Gasteiger partial charge on any atom is -0.487 e. The van der Waals surface area contributed by atoms with Crippen LogP contribution in [0.25, 0.3) is 0 Å². The molecule has 23 heavy (non-hydrogen) atoms. The predicted octanol–water partition coefficient (Wildman–Crippen LogP) is 5.11. The average molecular weight is 333 g/mol. The van der Waals surface area contributed by atoms with E-state index < -0.39 is 0 Å². The highest BCUT2D eigenvalue weighted by atomic mass is 35.5. The molecule has 0 radical (unpaired) electrons. The van der Waals surface area contributed by atoms with E-state index >= 15 is 0 Å². The second-order valence-electron chi connectivity index (χ2n) is 5.29. The smallest absolute Gasteiger partial charge is 0.310 e. The third kappa shape index (κ3) is 4.49. The minimum absolute atomic E-state index is 0.262. The molecule has 2 aromatic rings. The lowest BCUT2D eigenvalue weighted by molar-refractivity contribution is -0.134. The van der Waals surface area contributed by atoms with Gasteiger partial charge in [-0.25, -0.2) is 0 Å². The van der Waals surface area contributed by atoms with E-state index in [4.69, 9.17) is 21.1 Å². The van der Waals surface area contributed by atoms with E-state index in [2.05, 4.69) is 6.92 Å². The molecule has 0 saturated heterocycles. The number of ether oxygens (including phenoxy) is 2. The summed E-state index contributed by atoms with van der Waals surface area (Å²) in [4.78, 5) is 11.6. The Kier molecular flexibility index (Phi) is 6.05. The third-order valence-corrected chi connectivity index (χ3v) is 3.95. The van der Waals surface area contributed by atoms with E-state index in [0.717, 1.165) is 23.1 Å². The predicted molar refractivity (Wildman–Crippen MR) is 92.3 cm³/mol. The summed E-state index contributed by atoms with van der Waals surface area (Å²) < 4.78 is 11.2.